The third-order valence-electron chi connectivity index (χ3n) is 5.34. The Bertz CT molecular complexity index is 1320. The molecular formula is C25H19N5O2. The van der Waals surface area contributed by atoms with E-state index in [1.165, 1.54) is 0 Å². The fourth-order valence-corrected chi connectivity index (χ4v) is 3.81. The van der Waals surface area contributed by atoms with Crippen molar-refractivity contribution < 1.29 is 9.53 Å². The molecule has 7 nitrogen and oxygen atoms in total. The largest absolute Gasteiger partial charge is 0.489 e. The van der Waals surface area contributed by atoms with Crippen LogP contribution in [0.1, 0.15) is 21.6 Å². The molecule has 0 radical (unpaired) electrons. The van der Waals surface area contributed by atoms with Gasteiger partial charge in [-0.15, -0.1) is 0 Å². The zero-order valence-electron chi connectivity index (χ0n) is 17.2. The average molecular weight is 421 g/mol. The summed E-state index contributed by atoms with van der Waals surface area (Å²) < 4.78 is 7.67. The van der Waals surface area contributed by atoms with Gasteiger partial charge in [0.05, 0.1) is 18.2 Å². The third-order valence-corrected chi connectivity index (χ3v) is 5.34. The molecule has 7 heteroatoms. The fourth-order valence-electron chi connectivity index (χ4n) is 3.81. The van der Waals surface area contributed by atoms with Crippen LogP contribution in [0, 0.1) is 11.3 Å². The highest BCUT2D eigenvalue weighted by Gasteiger charge is 2.27. The Labute approximate surface area is 184 Å². The summed E-state index contributed by atoms with van der Waals surface area (Å²) in [7, 11) is 0. The summed E-state index contributed by atoms with van der Waals surface area (Å²) in [6.45, 7) is 1.55. The second-order valence-electron chi connectivity index (χ2n) is 7.41. The molecule has 1 aliphatic heterocycles. The molecule has 0 unspecified atom stereocenters. The number of amides is 1. The molecule has 0 fully saturated rings. The monoisotopic (exact) mass is 421 g/mol. The Morgan fingerprint density at radius 2 is 1.88 bits per heavy atom. The first-order valence-electron chi connectivity index (χ1n) is 10.2. The van der Waals surface area contributed by atoms with E-state index in [1.54, 1.807) is 23.1 Å². The number of aromatic nitrogens is 3. The van der Waals surface area contributed by atoms with Crippen LogP contribution in [0.3, 0.4) is 0 Å². The van der Waals surface area contributed by atoms with Gasteiger partial charge in [0, 0.05) is 30.1 Å². The van der Waals surface area contributed by atoms with E-state index in [0.717, 1.165) is 27.9 Å². The molecule has 2 aromatic heterocycles. The lowest BCUT2D eigenvalue weighted by Crippen LogP contribution is -2.35. The van der Waals surface area contributed by atoms with Gasteiger partial charge in [0.25, 0.3) is 5.91 Å². The van der Waals surface area contributed by atoms with Gasteiger partial charge >= 0.3 is 0 Å². The van der Waals surface area contributed by atoms with Crippen LogP contribution in [0.4, 0.5) is 0 Å². The second-order valence-corrected chi connectivity index (χ2v) is 7.41. The molecule has 0 atom stereocenters. The maximum absolute atomic E-state index is 12.7. The molecule has 0 saturated heterocycles. The van der Waals surface area contributed by atoms with Crippen molar-refractivity contribution in [2.24, 2.45) is 0 Å². The SMILES string of the molecule is N#Cc1cccc(COc2ccc(-c3c(-c4ccncc4)nn4c3C(=O)NCC4)cc2)c1. The van der Waals surface area contributed by atoms with Crippen molar-refractivity contribution in [1.82, 2.24) is 20.1 Å². The van der Waals surface area contributed by atoms with Gasteiger partial charge in [-0.25, -0.2) is 0 Å². The molecule has 4 aromatic rings. The Morgan fingerprint density at radius 3 is 2.66 bits per heavy atom. The number of nitrogens with zero attached hydrogens (tertiary/aromatic N) is 4. The quantitative estimate of drug-likeness (QED) is 0.529. The smallest absolute Gasteiger partial charge is 0.270 e. The Hall–Kier alpha value is -4.44. The van der Waals surface area contributed by atoms with Crippen LogP contribution in [0.5, 0.6) is 5.75 Å². The summed E-state index contributed by atoms with van der Waals surface area (Å²) in [5.74, 6) is 0.573. The van der Waals surface area contributed by atoms with Crippen LogP contribution in [0.25, 0.3) is 22.4 Å². The minimum atomic E-state index is -0.128. The van der Waals surface area contributed by atoms with Crippen molar-refractivity contribution in [3.05, 3.63) is 89.9 Å². The van der Waals surface area contributed by atoms with Crippen molar-refractivity contribution in [2.75, 3.05) is 6.54 Å². The zero-order chi connectivity index (χ0) is 21.9. The number of nitrogens with one attached hydrogen (secondary N) is 1. The molecule has 0 aliphatic carbocycles. The molecular weight excluding hydrogens is 402 g/mol. The van der Waals surface area contributed by atoms with Crippen LogP contribution in [0.2, 0.25) is 0 Å². The van der Waals surface area contributed by atoms with E-state index in [1.807, 2.05) is 54.6 Å². The van der Waals surface area contributed by atoms with E-state index in [4.69, 9.17) is 15.1 Å². The molecule has 32 heavy (non-hydrogen) atoms. The molecule has 1 amide bonds. The van der Waals surface area contributed by atoms with Gasteiger partial charge in [-0.2, -0.15) is 10.4 Å². The number of nitriles is 1. The van der Waals surface area contributed by atoms with Crippen LogP contribution in [-0.2, 0) is 13.2 Å². The number of hydrogen-bond donors (Lipinski definition) is 1. The minimum absolute atomic E-state index is 0.128. The van der Waals surface area contributed by atoms with Crippen LogP contribution in [0.15, 0.2) is 73.1 Å². The fraction of sp³-hybridized carbons (Fsp3) is 0.120. The molecule has 1 aliphatic rings. The second kappa shape index (κ2) is 8.36. The highest BCUT2D eigenvalue weighted by atomic mass is 16.5. The van der Waals surface area contributed by atoms with E-state index in [9.17, 15) is 4.79 Å². The van der Waals surface area contributed by atoms with Crippen molar-refractivity contribution in [3.8, 4) is 34.2 Å². The number of pyridine rings is 1. The molecule has 156 valence electrons. The summed E-state index contributed by atoms with van der Waals surface area (Å²) in [4.78, 5) is 16.8. The lowest BCUT2D eigenvalue weighted by Gasteiger charge is -2.15. The van der Waals surface area contributed by atoms with E-state index in [2.05, 4.69) is 16.4 Å². The van der Waals surface area contributed by atoms with Gasteiger partial charge in [-0.3, -0.25) is 14.5 Å². The predicted molar refractivity (Wildman–Crippen MR) is 119 cm³/mol. The van der Waals surface area contributed by atoms with Gasteiger partial charge in [-0.05, 0) is 47.5 Å². The maximum Gasteiger partial charge on any atom is 0.270 e. The topological polar surface area (TPSA) is 92.8 Å². The highest BCUT2D eigenvalue weighted by Crippen LogP contribution is 2.36. The molecule has 0 saturated carbocycles. The van der Waals surface area contributed by atoms with Gasteiger partial charge in [0.15, 0.2) is 0 Å². The van der Waals surface area contributed by atoms with Crippen molar-refractivity contribution in [2.45, 2.75) is 13.2 Å². The highest BCUT2D eigenvalue weighted by molar-refractivity contribution is 6.03. The number of benzene rings is 2. The van der Waals surface area contributed by atoms with Crippen LogP contribution in [-0.4, -0.2) is 27.2 Å². The lowest BCUT2D eigenvalue weighted by atomic mass is 9.98. The third kappa shape index (κ3) is 3.70. The number of fused-ring (bicyclic) bond motifs is 1. The molecule has 2 aromatic carbocycles. The minimum Gasteiger partial charge on any atom is -0.489 e. The molecule has 5 rings (SSSR count). The first kappa shape index (κ1) is 19.5. The Balaban J connectivity index is 1.46. The summed E-state index contributed by atoms with van der Waals surface area (Å²) in [6.07, 6.45) is 3.44. The summed E-state index contributed by atoms with van der Waals surface area (Å²) >= 11 is 0. The summed E-state index contributed by atoms with van der Waals surface area (Å²) in [5, 5.41) is 16.7. The van der Waals surface area contributed by atoms with Crippen LogP contribution < -0.4 is 10.1 Å². The zero-order valence-corrected chi connectivity index (χ0v) is 17.2. The van der Waals surface area contributed by atoms with Gasteiger partial charge in [0.1, 0.15) is 23.7 Å². The van der Waals surface area contributed by atoms with E-state index in [-0.39, 0.29) is 5.91 Å². The first-order chi connectivity index (χ1) is 15.7. The van der Waals surface area contributed by atoms with E-state index < -0.39 is 0 Å². The molecule has 3 heterocycles. The van der Waals surface area contributed by atoms with E-state index in [0.29, 0.717) is 36.7 Å². The van der Waals surface area contributed by atoms with Crippen molar-refractivity contribution >= 4 is 5.91 Å². The summed E-state index contributed by atoms with van der Waals surface area (Å²) in [6, 6.07) is 20.9. The average Bonchev–Trinajstić information content (AvgIpc) is 3.25. The van der Waals surface area contributed by atoms with Crippen LogP contribution >= 0.6 is 0 Å². The molecule has 1 N–H and O–H groups in total. The van der Waals surface area contributed by atoms with Gasteiger partial charge < -0.3 is 10.1 Å². The van der Waals surface area contributed by atoms with Gasteiger partial charge in [-0.1, -0.05) is 24.3 Å². The van der Waals surface area contributed by atoms with Crippen molar-refractivity contribution in [3.63, 3.8) is 0 Å². The predicted octanol–water partition coefficient (Wildman–Crippen LogP) is 3.81. The van der Waals surface area contributed by atoms with Crippen molar-refractivity contribution in [1.29, 1.82) is 5.26 Å². The number of carbonyl (C=O) groups is 1. The number of carbonyl (C=O) groups excluding carboxylic acids is 1. The lowest BCUT2D eigenvalue weighted by molar-refractivity contribution is 0.0925. The Kier molecular flexibility index (Phi) is 5.10. The number of ether oxygens (including phenoxy) is 1. The van der Waals surface area contributed by atoms with Gasteiger partial charge in [0.2, 0.25) is 0 Å². The molecule has 0 bridgehead atoms. The summed E-state index contributed by atoms with van der Waals surface area (Å²) in [5.41, 5.74) is 5.43. The number of hydrogen-bond acceptors (Lipinski definition) is 5. The normalized spacial score (nSPS) is 12.5. The van der Waals surface area contributed by atoms with E-state index >= 15 is 0 Å². The first-order valence-corrected chi connectivity index (χ1v) is 10.2. The molecule has 0 spiro atoms. The standard InChI is InChI=1S/C25H19N5O2/c26-15-17-2-1-3-18(14-17)16-32-21-6-4-19(5-7-21)22-23(20-8-10-27-11-9-20)29-30-13-12-28-25(31)24(22)30/h1-11,14H,12-13,16H2,(H,28,31). The Morgan fingerprint density at radius 1 is 1.06 bits per heavy atom. The maximum atomic E-state index is 12.7. The number of rotatable bonds is 5.